The van der Waals surface area contributed by atoms with Gasteiger partial charge in [0.05, 0.1) is 11.3 Å². The Kier molecular flexibility index (Phi) is 5.14. The van der Waals surface area contributed by atoms with Gasteiger partial charge in [0.2, 0.25) is 5.84 Å². The monoisotopic (exact) mass is 340 g/mol. The SMILES string of the molecule is NNC(=Nc1ccc(F)cc1C(F)(F)F)C(=O)Nc1ccccc1. The molecule has 0 bridgehead atoms. The Morgan fingerprint density at radius 3 is 2.33 bits per heavy atom. The first kappa shape index (κ1) is 17.4. The van der Waals surface area contributed by atoms with E-state index in [1.807, 2.05) is 5.43 Å². The van der Waals surface area contributed by atoms with E-state index in [4.69, 9.17) is 5.84 Å². The van der Waals surface area contributed by atoms with Gasteiger partial charge in [0.1, 0.15) is 5.82 Å². The predicted octanol–water partition coefficient (Wildman–Crippen LogP) is 2.98. The van der Waals surface area contributed by atoms with Crippen molar-refractivity contribution >= 4 is 23.1 Å². The summed E-state index contributed by atoms with van der Waals surface area (Å²) in [7, 11) is 0. The second-order valence-corrected chi connectivity index (χ2v) is 4.58. The van der Waals surface area contributed by atoms with Crippen molar-refractivity contribution in [2.75, 3.05) is 5.32 Å². The smallest absolute Gasteiger partial charge is 0.319 e. The van der Waals surface area contributed by atoms with Crippen molar-refractivity contribution in [1.29, 1.82) is 0 Å². The summed E-state index contributed by atoms with van der Waals surface area (Å²) in [5, 5.41) is 2.42. The molecule has 0 aliphatic rings. The van der Waals surface area contributed by atoms with E-state index in [0.717, 1.165) is 12.1 Å². The molecule has 0 unspecified atom stereocenters. The average molecular weight is 340 g/mol. The molecule has 0 saturated carbocycles. The molecule has 0 spiro atoms. The van der Waals surface area contributed by atoms with E-state index in [9.17, 15) is 22.4 Å². The summed E-state index contributed by atoms with van der Waals surface area (Å²) in [5.41, 5.74) is 0.388. The standard InChI is InChI=1S/C15H12F4N4O/c16-9-6-7-12(11(8-9)15(17,18)19)22-13(23-20)14(24)21-10-4-2-1-3-5-10/h1-8H,20H2,(H,21,24)(H,22,23). The van der Waals surface area contributed by atoms with Crippen LogP contribution in [-0.4, -0.2) is 11.7 Å². The fraction of sp³-hybridized carbons (Fsp3) is 0.0667. The molecule has 4 N–H and O–H groups in total. The molecule has 0 saturated heterocycles. The summed E-state index contributed by atoms with van der Waals surface area (Å²) >= 11 is 0. The molecule has 1 amide bonds. The lowest BCUT2D eigenvalue weighted by Crippen LogP contribution is -2.39. The lowest BCUT2D eigenvalue weighted by atomic mass is 10.1. The first-order valence-electron chi connectivity index (χ1n) is 6.59. The van der Waals surface area contributed by atoms with E-state index in [1.165, 1.54) is 0 Å². The van der Waals surface area contributed by atoms with Gasteiger partial charge in [0.15, 0.2) is 0 Å². The van der Waals surface area contributed by atoms with Crippen molar-refractivity contribution in [2.24, 2.45) is 10.8 Å². The number of hydrogen-bond donors (Lipinski definition) is 3. The highest BCUT2D eigenvalue weighted by molar-refractivity contribution is 6.42. The summed E-state index contributed by atoms with van der Waals surface area (Å²) in [6.07, 6.45) is -4.84. The van der Waals surface area contributed by atoms with Gasteiger partial charge in [0, 0.05) is 5.69 Å². The molecule has 24 heavy (non-hydrogen) atoms. The fourth-order valence-electron chi connectivity index (χ4n) is 1.81. The molecule has 126 valence electrons. The second-order valence-electron chi connectivity index (χ2n) is 4.58. The van der Waals surface area contributed by atoms with Gasteiger partial charge in [0.25, 0.3) is 5.91 Å². The number of halogens is 4. The Morgan fingerprint density at radius 1 is 1.08 bits per heavy atom. The Balaban J connectivity index is 2.35. The Morgan fingerprint density at radius 2 is 1.75 bits per heavy atom. The topological polar surface area (TPSA) is 79.5 Å². The number of aliphatic imine (C=N–C) groups is 1. The average Bonchev–Trinajstić information content (AvgIpc) is 2.53. The van der Waals surface area contributed by atoms with E-state index in [0.29, 0.717) is 11.8 Å². The van der Waals surface area contributed by atoms with Gasteiger partial charge in [-0.2, -0.15) is 13.2 Å². The molecule has 5 nitrogen and oxygen atoms in total. The maximum absolute atomic E-state index is 13.1. The third-order valence-electron chi connectivity index (χ3n) is 2.88. The Bertz CT molecular complexity index is 760. The van der Waals surface area contributed by atoms with Crippen LogP contribution in [-0.2, 0) is 11.0 Å². The van der Waals surface area contributed by atoms with Crippen LogP contribution in [0.3, 0.4) is 0 Å². The van der Waals surface area contributed by atoms with E-state index in [2.05, 4.69) is 10.3 Å². The summed E-state index contributed by atoms with van der Waals surface area (Å²) in [4.78, 5) is 15.6. The second kappa shape index (κ2) is 7.09. The Labute approximate surface area is 134 Å². The normalized spacial score (nSPS) is 12.0. The molecule has 9 heteroatoms. The first-order valence-corrected chi connectivity index (χ1v) is 6.59. The number of anilines is 1. The zero-order valence-corrected chi connectivity index (χ0v) is 12.1. The van der Waals surface area contributed by atoms with E-state index in [-0.39, 0.29) is 0 Å². The van der Waals surface area contributed by atoms with Gasteiger partial charge in [-0.05, 0) is 30.3 Å². The predicted molar refractivity (Wildman–Crippen MR) is 80.9 cm³/mol. The fourth-order valence-corrected chi connectivity index (χ4v) is 1.81. The molecule has 0 aliphatic carbocycles. The number of para-hydroxylation sites is 1. The highest BCUT2D eigenvalue weighted by atomic mass is 19.4. The van der Waals surface area contributed by atoms with Crippen LogP contribution in [0.2, 0.25) is 0 Å². The molecule has 2 rings (SSSR count). The number of rotatable bonds is 2. The lowest BCUT2D eigenvalue weighted by molar-refractivity contribution is -0.137. The minimum Gasteiger partial charge on any atom is -0.319 e. The largest absolute Gasteiger partial charge is 0.418 e. The number of benzene rings is 2. The first-order chi connectivity index (χ1) is 11.3. The van der Waals surface area contributed by atoms with E-state index >= 15 is 0 Å². The zero-order valence-electron chi connectivity index (χ0n) is 12.1. The molecule has 0 aliphatic heterocycles. The molecule has 0 atom stereocenters. The van der Waals surface area contributed by atoms with Gasteiger partial charge < -0.3 is 10.7 Å². The number of carbonyl (C=O) groups is 1. The summed E-state index contributed by atoms with van der Waals surface area (Å²) in [6.45, 7) is 0. The quantitative estimate of drug-likeness (QED) is 0.259. The number of carbonyl (C=O) groups excluding carboxylic acids is 1. The van der Waals surface area contributed by atoms with Crippen LogP contribution < -0.4 is 16.6 Å². The van der Waals surface area contributed by atoms with Gasteiger partial charge in [-0.15, -0.1) is 0 Å². The zero-order chi connectivity index (χ0) is 17.7. The Hall–Kier alpha value is -2.94. The van der Waals surface area contributed by atoms with Crippen LogP contribution in [0.4, 0.5) is 28.9 Å². The summed E-state index contributed by atoms with van der Waals surface area (Å²) in [5.74, 6) is 2.69. The van der Waals surface area contributed by atoms with Crippen LogP contribution >= 0.6 is 0 Å². The van der Waals surface area contributed by atoms with Crippen molar-refractivity contribution in [3.63, 3.8) is 0 Å². The molecular weight excluding hydrogens is 328 g/mol. The number of nitrogens with one attached hydrogen (secondary N) is 2. The third-order valence-corrected chi connectivity index (χ3v) is 2.88. The maximum atomic E-state index is 13.1. The van der Waals surface area contributed by atoms with Gasteiger partial charge in [-0.1, -0.05) is 18.2 Å². The molecule has 0 heterocycles. The third kappa shape index (κ3) is 4.29. The summed E-state index contributed by atoms with van der Waals surface area (Å²) < 4.78 is 51.9. The molecule has 0 radical (unpaired) electrons. The van der Waals surface area contributed by atoms with Crippen molar-refractivity contribution in [1.82, 2.24) is 5.43 Å². The minimum absolute atomic E-state index is 0.294. The van der Waals surface area contributed by atoms with Crippen molar-refractivity contribution in [3.8, 4) is 0 Å². The van der Waals surface area contributed by atoms with Crippen molar-refractivity contribution in [3.05, 3.63) is 59.9 Å². The van der Waals surface area contributed by atoms with Crippen molar-refractivity contribution < 1.29 is 22.4 Å². The number of nitrogens with zero attached hydrogens (tertiary/aromatic N) is 1. The van der Waals surface area contributed by atoms with Crippen LogP contribution in [0.1, 0.15) is 5.56 Å². The number of amides is 1. The van der Waals surface area contributed by atoms with Crippen molar-refractivity contribution in [2.45, 2.75) is 6.18 Å². The molecule has 2 aromatic carbocycles. The van der Waals surface area contributed by atoms with E-state index in [1.54, 1.807) is 30.3 Å². The van der Waals surface area contributed by atoms with Crippen LogP contribution in [0, 0.1) is 5.82 Å². The molecule has 0 fully saturated rings. The number of alkyl halides is 3. The number of hydrazine groups is 1. The molecule has 2 aromatic rings. The molecule has 0 aromatic heterocycles. The number of nitrogens with two attached hydrogens (primary N) is 1. The van der Waals surface area contributed by atoms with Gasteiger partial charge in [-0.3, -0.25) is 4.79 Å². The lowest BCUT2D eigenvalue weighted by Gasteiger charge is -2.12. The van der Waals surface area contributed by atoms with Gasteiger partial charge >= 0.3 is 6.18 Å². The molecular formula is C15H12F4N4O. The van der Waals surface area contributed by atoms with Crippen LogP contribution in [0.25, 0.3) is 0 Å². The van der Waals surface area contributed by atoms with Crippen LogP contribution in [0.15, 0.2) is 53.5 Å². The van der Waals surface area contributed by atoms with Gasteiger partial charge in [-0.25, -0.2) is 15.2 Å². The van der Waals surface area contributed by atoms with Crippen LogP contribution in [0.5, 0.6) is 0 Å². The number of amidine groups is 1. The highest BCUT2D eigenvalue weighted by Gasteiger charge is 2.34. The summed E-state index contributed by atoms with van der Waals surface area (Å²) in [6, 6.07) is 10.1. The maximum Gasteiger partial charge on any atom is 0.418 e. The highest BCUT2D eigenvalue weighted by Crippen LogP contribution is 2.36. The minimum atomic E-state index is -4.84. The number of hydrogen-bond acceptors (Lipinski definition) is 3. The van der Waals surface area contributed by atoms with E-state index < -0.39 is 35.0 Å².